The van der Waals surface area contributed by atoms with Crippen molar-refractivity contribution < 1.29 is 23.1 Å². The van der Waals surface area contributed by atoms with Crippen LogP contribution in [0.2, 0.25) is 0 Å². The van der Waals surface area contributed by atoms with Crippen LogP contribution in [0.25, 0.3) is 17.2 Å². The molecule has 0 unspecified atom stereocenters. The van der Waals surface area contributed by atoms with Crippen LogP contribution in [0.3, 0.4) is 0 Å². The fourth-order valence-electron chi connectivity index (χ4n) is 2.29. The monoisotopic (exact) mass is 362 g/mol. The zero-order chi connectivity index (χ0) is 18.9. The summed E-state index contributed by atoms with van der Waals surface area (Å²) in [5.74, 6) is -1.66. The third-order valence-corrected chi connectivity index (χ3v) is 3.68. The molecule has 0 amide bonds. The first-order chi connectivity index (χ1) is 12.3. The number of benzene rings is 1. The largest absolute Gasteiger partial charge is 0.476 e. The van der Waals surface area contributed by atoms with E-state index in [4.69, 9.17) is 5.11 Å². The van der Waals surface area contributed by atoms with E-state index in [2.05, 4.69) is 15.1 Å². The van der Waals surface area contributed by atoms with Gasteiger partial charge in [0.05, 0.1) is 5.69 Å². The average Bonchev–Trinajstić information content (AvgIpc) is 3.11. The second-order valence-corrected chi connectivity index (χ2v) is 5.44. The van der Waals surface area contributed by atoms with Crippen LogP contribution in [0.5, 0.6) is 0 Å². The lowest BCUT2D eigenvalue weighted by atomic mass is 10.1. The van der Waals surface area contributed by atoms with E-state index in [0.717, 1.165) is 28.8 Å². The maximum atomic E-state index is 13.2. The Morgan fingerprint density at radius 1 is 1.15 bits per heavy atom. The van der Waals surface area contributed by atoms with E-state index in [-0.39, 0.29) is 17.3 Å². The van der Waals surface area contributed by atoms with Gasteiger partial charge in [0.25, 0.3) is 5.95 Å². The molecule has 6 nitrogen and oxygen atoms in total. The van der Waals surface area contributed by atoms with Gasteiger partial charge in [0.2, 0.25) is 0 Å². The van der Waals surface area contributed by atoms with Crippen molar-refractivity contribution in [3.63, 3.8) is 0 Å². The molecule has 0 fully saturated rings. The number of nitrogens with zero attached hydrogens (tertiary/aromatic N) is 4. The van der Waals surface area contributed by atoms with Gasteiger partial charge in [-0.25, -0.2) is 19.4 Å². The highest BCUT2D eigenvalue weighted by Gasteiger charge is 2.34. The molecule has 1 aromatic carbocycles. The van der Waals surface area contributed by atoms with Crippen LogP contribution in [0.15, 0.2) is 42.6 Å². The van der Waals surface area contributed by atoms with E-state index in [1.165, 1.54) is 6.20 Å². The maximum Gasteiger partial charge on any atom is 0.433 e. The van der Waals surface area contributed by atoms with Gasteiger partial charge in [-0.05, 0) is 24.1 Å². The first-order valence-electron chi connectivity index (χ1n) is 7.63. The molecule has 0 atom stereocenters. The van der Waals surface area contributed by atoms with Gasteiger partial charge in [-0.1, -0.05) is 31.2 Å². The van der Waals surface area contributed by atoms with Crippen LogP contribution < -0.4 is 0 Å². The molecule has 0 saturated carbocycles. The molecule has 26 heavy (non-hydrogen) atoms. The van der Waals surface area contributed by atoms with Gasteiger partial charge in [-0.15, -0.1) is 0 Å². The Morgan fingerprint density at radius 3 is 2.38 bits per heavy atom. The lowest BCUT2D eigenvalue weighted by molar-refractivity contribution is -0.141. The summed E-state index contributed by atoms with van der Waals surface area (Å²) in [4.78, 5) is 18.5. The Balaban J connectivity index is 2.13. The molecule has 0 bridgehead atoms. The van der Waals surface area contributed by atoms with E-state index >= 15 is 0 Å². The average molecular weight is 362 g/mol. The number of carboxylic acid groups (broad SMARTS) is 1. The minimum Gasteiger partial charge on any atom is -0.476 e. The van der Waals surface area contributed by atoms with Gasteiger partial charge in [0, 0.05) is 11.8 Å². The van der Waals surface area contributed by atoms with Crippen LogP contribution >= 0.6 is 0 Å². The van der Waals surface area contributed by atoms with Gasteiger partial charge in [-0.2, -0.15) is 18.3 Å². The number of carbonyl (C=O) groups is 1. The molecule has 2 aromatic heterocycles. The summed E-state index contributed by atoms with van der Waals surface area (Å²) in [6, 6.07) is 8.98. The number of hydrogen-bond donors (Lipinski definition) is 1. The Labute approximate surface area is 146 Å². The highest BCUT2D eigenvalue weighted by Crippen LogP contribution is 2.31. The van der Waals surface area contributed by atoms with E-state index in [1.807, 2.05) is 6.92 Å². The lowest BCUT2D eigenvalue weighted by Crippen LogP contribution is -2.13. The van der Waals surface area contributed by atoms with Crippen LogP contribution in [-0.2, 0) is 12.6 Å². The Morgan fingerprint density at radius 2 is 1.85 bits per heavy atom. The van der Waals surface area contributed by atoms with Crippen LogP contribution in [-0.4, -0.2) is 30.8 Å². The number of aryl methyl sites for hydroxylation is 1. The lowest BCUT2D eigenvalue weighted by Gasteiger charge is -2.11. The quantitative estimate of drug-likeness (QED) is 0.767. The zero-order valence-corrected chi connectivity index (χ0v) is 13.5. The van der Waals surface area contributed by atoms with Crippen LogP contribution in [0.4, 0.5) is 13.2 Å². The molecular weight excluding hydrogens is 349 g/mol. The van der Waals surface area contributed by atoms with Crippen molar-refractivity contribution in [3.05, 3.63) is 59.5 Å². The molecule has 0 saturated heterocycles. The molecule has 0 aliphatic rings. The second-order valence-electron chi connectivity index (χ2n) is 5.44. The summed E-state index contributed by atoms with van der Waals surface area (Å²) < 4.78 is 40.6. The summed E-state index contributed by atoms with van der Waals surface area (Å²) in [7, 11) is 0. The van der Waals surface area contributed by atoms with Gasteiger partial charge >= 0.3 is 12.1 Å². The fourth-order valence-corrected chi connectivity index (χ4v) is 2.29. The Kier molecular flexibility index (Phi) is 4.45. The normalized spacial score (nSPS) is 11.5. The molecule has 0 aliphatic heterocycles. The topological polar surface area (TPSA) is 80.9 Å². The molecule has 2 heterocycles. The number of aromatic nitrogens is 4. The molecule has 134 valence electrons. The number of alkyl halides is 3. The number of aromatic carboxylic acids is 1. The predicted molar refractivity (Wildman–Crippen MR) is 85.9 cm³/mol. The van der Waals surface area contributed by atoms with Crippen molar-refractivity contribution in [2.24, 2.45) is 0 Å². The van der Waals surface area contributed by atoms with Gasteiger partial charge in [-0.3, -0.25) is 0 Å². The Bertz CT molecular complexity index is 949. The van der Waals surface area contributed by atoms with Crippen molar-refractivity contribution in [3.8, 4) is 17.2 Å². The van der Waals surface area contributed by atoms with Crippen molar-refractivity contribution in [1.82, 2.24) is 19.7 Å². The standard InChI is InChI=1S/C17H13F3N4O2/c1-2-10-3-5-11(6-4-10)13-9-14(17(18,19)20)22-16(21-13)24-8-7-12(23-24)15(25)26/h3-9H,2H2,1H3,(H,25,26). The summed E-state index contributed by atoms with van der Waals surface area (Å²) in [5.41, 5.74) is 0.140. The molecule has 1 N–H and O–H groups in total. The Hall–Kier alpha value is -3.23. The predicted octanol–water partition coefficient (Wildman–Crippen LogP) is 3.61. The molecule has 3 rings (SSSR count). The van der Waals surface area contributed by atoms with E-state index in [0.29, 0.717) is 5.56 Å². The van der Waals surface area contributed by atoms with E-state index in [9.17, 15) is 18.0 Å². The highest BCUT2D eigenvalue weighted by molar-refractivity contribution is 5.85. The zero-order valence-electron chi connectivity index (χ0n) is 13.5. The number of halogens is 3. The van der Waals surface area contributed by atoms with Gasteiger partial charge < -0.3 is 5.11 Å². The number of hydrogen-bond acceptors (Lipinski definition) is 4. The van der Waals surface area contributed by atoms with Gasteiger partial charge in [0.15, 0.2) is 11.4 Å². The minimum absolute atomic E-state index is 0.0670. The minimum atomic E-state index is -4.68. The highest BCUT2D eigenvalue weighted by atomic mass is 19.4. The first-order valence-corrected chi connectivity index (χ1v) is 7.63. The third-order valence-electron chi connectivity index (χ3n) is 3.68. The van der Waals surface area contributed by atoms with Crippen LogP contribution in [0.1, 0.15) is 28.7 Å². The number of carboxylic acids is 1. The number of rotatable bonds is 4. The van der Waals surface area contributed by atoms with Crippen molar-refractivity contribution >= 4 is 5.97 Å². The molecular formula is C17H13F3N4O2. The van der Waals surface area contributed by atoms with Crippen molar-refractivity contribution in [2.75, 3.05) is 0 Å². The van der Waals surface area contributed by atoms with Crippen molar-refractivity contribution in [2.45, 2.75) is 19.5 Å². The second kappa shape index (κ2) is 6.58. The summed E-state index contributed by atoms with van der Waals surface area (Å²) in [6.45, 7) is 1.97. The SMILES string of the molecule is CCc1ccc(-c2cc(C(F)(F)F)nc(-n3ccc(C(=O)O)n3)n2)cc1. The molecule has 0 radical (unpaired) electrons. The van der Waals surface area contributed by atoms with Crippen molar-refractivity contribution in [1.29, 1.82) is 0 Å². The molecule has 3 aromatic rings. The third kappa shape index (κ3) is 3.56. The smallest absolute Gasteiger partial charge is 0.433 e. The maximum absolute atomic E-state index is 13.2. The first kappa shape index (κ1) is 17.6. The fraction of sp³-hybridized carbons (Fsp3) is 0.176. The molecule has 0 spiro atoms. The summed E-state index contributed by atoms with van der Waals surface area (Å²) >= 11 is 0. The summed E-state index contributed by atoms with van der Waals surface area (Å²) in [6.07, 6.45) is -2.68. The van der Waals surface area contributed by atoms with Crippen LogP contribution in [0, 0.1) is 0 Å². The molecule has 0 aliphatic carbocycles. The van der Waals surface area contributed by atoms with Gasteiger partial charge in [0.1, 0.15) is 0 Å². The summed E-state index contributed by atoms with van der Waals surface area (Å²) in [5, 5.41) is 12.6. The van der Waals surface area contributed by atoms with E-state index in [1.54, 1.807) is 24.3 Å². The van der Waals surface area contributed by atoms with E-state index < -0.39 is 17.8 Å². The molecule has 9 heteroatoms.